The molecule has 1 saturated heterocycles. The van der Waals surface area contributed by atoms with Crippen LogP contribution in [-0.4, -0.2) is 18.3 Å². The first-order chi connectivity index (χ1) is 5.31. The van der Waals surface area contributed by atoms with E-state index in [1.54, 1.807) is 0 Å². The smallest absolute Gasteiger partial charge is 0.100 e. The molecule has 1 aliphatic carbocycles. The van der Waals surface area contributed by atoms with Crippen LogP contribution in [0.25, 0.3) is 0 Å². The van der Waals surface area contributed by atoms with E-state index in [1.807, 2.05) is 0 Å². The first kappa shape index (κ1) is 7.53. The van der Waals surface area contributed by atoms with Crippen molar-refractivity contribution in [3.8, 4) is 0 Å². The van der Waals surface area contributed by atoms with Crippen molar-refractivity contribution in [2.45, 2.75) is 50.2 Å². The summed E-state index contributed by atoms with van der Waals surface area (Å²) in [4.78, 5) is 0. The van der Waals surface area contributed by atoms with E-state index in [-0.39, 0.29) is 0 Å². The summed E-state index contributed by atoms with van der Waals surface area (Å²) in [7, 11) is 0. The molecule has 2 aliphatic rings. The number of halogens is 1. The molecule has 2 fully saturated rings. The summed E-state index contributed by atoms with van der Waals surface area (Å²) in [5.74, 6) is 0. The molecule has 11 heavy (non-hydrogen) atoms. The Kier molecular flexibility index (Phi) is 1.88. The summed E-state index contributed by atoms with van der Waals surface area (Å²) in [5, 5.41) is 3.53. The van der Waals surface area contributed by atoms with Crippen LogP contribution in [0.3, 0.4) is 0 Å². The highest BCUT2D eigenvalue weighted by molar-refractivity contribution is 4.96. The molecule has 1 N–H and O–H groups in total. The summed E-state index contributed by atoms with van der Waals surface area (Å²) in [6, 6.07) is 0. The minimum atomic E-state index is -0.511. The van der Waals surface area contributed by atoms with Crippen LogP contribution in [0, 0.1) is 0 Å². The Labute approximate surface area is 67.4 Å². The summed E-state index contributed by atoms with van der Waals surface area (Å²) < 4.78 is 12.8. The van der Waals surface area contributed by atoms with Gasteiger partial charge in [0.1, 0.15) is 6.17 Å². The third kappa shape index (κ3) is 1.41. The molecule has 0 aromatic heterocycles. The van der Waals surface area contributed by atoms with Crippen molar-refractivity contribution in [2.75, 3.05) is 6.54 Å². The Morgan fingerprint density at radius 1 is 1.18 bits per heavy atom. The fourth-order valence-electron chi connectivity index (χ4n) is 2.43. The fourth-order valence-corrected chi connectivity index (χ4v) is 2.43. The van der Waals surface area contributed by atoms with Crippen LogP contribution in [0.1, 0.15) is 38.5 Å². The van der Waals surface area contributed by atoms with Crippen molar-refractivity contribution < 1.29 is 4.39 Å². The van der Waals surface area contributed by atoms with E-state index in [1.165, 1.54) is 12.8 Å². The molecule has 0 atom stereocenters. The maximum atomic E-state index is 12.8. The Hall–Kier alpha value is -0.110. The Balaban J connectivity index is 1.94. The zero-order valence-electron chi connectivity index (χ0n) is 6.91. The van der Waals surface area contributed by atoms with Gasteiger partial charge in [-0.25, -0.2) is 4.39 Å². The van der Waals surface area contributed by atoms with E-state index in [2.05, 4.69) is 5.32 Å². The molecule has 0 bridgehead atoms. The van der Waals surface area contributed by atoms with E-state index < -0.39 is 6.17 Å². The zero-order valence-corrected chi connectivity index (χ0v) is 6.91. The molecule has 2 heteroatoms. The second kappa shape index (κ2) is 2.74. The van der Waals surface area contributed by atoms with Crippen LogP contribution in [0.2, 0.25) is 0 Å². The molecule has 0 aromatic rings. The summed E-state index contributed by atoms with van der Waals surface area (Å²) in [5.41, 5.74) is 0.364. The monoisotopic (exact) mass is 157 g/mol. The molecule has 0 unspecified atom stereocenters. The van der Waals surface area contributed by atoms with Gasteiger partial charge in [0.25, 0.3) is 0 Å². The van der Waals surface area contributed by atoms with E-state index in [0.717, 1.165) is 32.2 Å². The molecule has 64 valence electrons. The molecule has 1 saturated carbocycles. The summed E-state index contributed by atoms with van der Waals surface area (Å²) in [6.07, 6.45) is 5.75. The van der Waals surface area contributed by atoms with Crippen molar-refractivity contribution in [3.05, 3.63) is 0 Å². The van der Waals surface area contributed by atoms with Crippen LogP contribution in [-0.2, 0) is 0 Å². The molecule has 2 rings (SSSR count). The van der Waals surface area contributed by atoms with E-state index >= 15 is 0 Å². The Morgan fingerprint density at radius 2 is 1.91 bits per heavy atom. The molecule has 1 spiro atoms. The van der Waals surface area contributed by atoms with Crippen LogP contribution < -0.4 is 5.32 Å². The lowest BCUT2D eigenvalue weighted by molar-refractivity contribution is 0.168. The minimum absolute atomic E-state index is 0.364. The van der Waals surface area contributed by atoms with Crippen molar-refractivity contribution in [3.63, 3.8) is 0 Å². The second-order valence-corrected chi connectivity index (χ2v) is 3.99. The van der Waals surface area contributed by atoms with Gasteiger partial charge in [-0.3, -0.25) is 0 Å². The highest BCUT2D eigenvalue weighted by atomic mass is 19.1. The maximum Gasteiger partial charge on any atom is 0.100 e. The lowest BCUT2D eigenvalue weighted by atomic mass is 9.80. The van der Waals surface area contributed by atoms with Crippen molar-refractivity contribution in [1.82, 2.24) is 5.32 Å². The average Bonchev–Trinajstić information content (AvgIpc) is 2.45. The van der Waals surface area contributed by atoms with E-state index in [0.29, 0.717) is 5.54 Å². The third-order valence-corrected chi connectivity index (χ3v) is 3.20. The van der Waals surface area contributed by atoms with Crippen molar-refractivity contribution in [2.24, 2.45) is 0 Å². The van der Waals surface area contributed by atoms with Gasteiger partial charge in [0, 0.05) is 5.54 Å². The normalized spacial score (nSPS) is 45.0. The number of hydrogen-bond donors (Lipinski definition) is 1. The number of alkyl halides is 1. The van der Waals surface area contributed by atoms with Gasteiger partial charge < -0.3 is 5.32 Å². The van der Waals surface area contributed by atoms with Crippen LogP contribution >= 0.6 is 0 Å². The van der Waals surface area contributed by atoms with Gasteiger partial charge in [-0.15, -0.1) is 0 Å². The van der Waals surface area contributed by atoms with Gasteiger partial charge in [0.05, 0.1) is 0 Å². The molecule has 1 aliphatic heterocycles. The van der Waals surface area contributed by atoms with Crippen molar-refractivity contribution in [1.29, 1.82) is 0 Å². The lowest BCUT2D eigenvalue weighted by Gasteiger charge is -2.34. The third-order valence-electron chi connectivity index (χ3n) is 3.20. The quantitative estimate of drug-likeness (QED) is 0.567. The molecule has 0 radical (unpaired) electrons. The standard InChI is InChI=1S/C9H16FN/c10-8-2-5-9(6-3-8)4-1-7-11-9/h8,11H,1-7H2. The van der Waals surface area contributed by atoms with Gasteiger partial charge in [0.2, 0.25) is 0 Å². The number of hydrogen-bond acceptors (Lipinski definition) is 1. The minimum Gasteiger partial charge on any atom is -0.311 e. The Bertz CT molecular complexity index is 130. The summed E-state index contributed by atoms with van der Waals surface area (Å²) >= 11 is 0. The first-order valence-corrected chi connectivity index (χ1v) is 4.70. The van der Waals surface area contributed by atoms with E-state index in [4.69, 9.17) is 0 Å². The van der Waals surface area contributed by atoms with E-state index in [9.17, 15) is 4.39 Å². The molecule has 0 aromatic carbocycles. The van der Waals surface area contributed by atoms with Crippen LogP contribution in [0.5, 0.6) is 0 Å². The summed E-state index contributed by atoms with van der Waals surface area (Å²) in [6.45, 7) is 1.15. The zero-order chi connectivity index (χ0) is 7.73. The van der Waals surface area contributed by atoms with Gasteiger partial charge in [-0.1, -0.05) is 0 Å². The molecular weight excluding hydrogens is 141 g/mol. The van der Waals surface area contributed by atoms with Crippen LogP contribution in [0.15, 0.2) is 0 Å². The highest BCUT2D eigenvalue weighted by Crippen LogP contribution is 2.35. The van der Waals surface area contributed by atoms with Gasteiger partial charge >= 0.3 is 0 Å². The highest BCUT2D eigenvalue weighted by Gasteiger charge is 2.37. The average molecular weight is 157 g/mol. The first-order valence-electron chi connectivity index (χ1n) is 4.70. The topological polar surface area (TPSA) is 12.0 Å². The molecule has 1 nitrogen and oxygen atoms in total. The van der Waals surface area contributed by atoms with Crippen LogP contribution in [0.4, 0.5) is 4.39 Å². The molecule has 1 heterocycles. The Morgan fingerprint density at radius 3 is 2.45 bits per heavy atom. The van der Waals surface area contributed by atoms with Gasteiger partial charge in [-0.05, 0) is 45.1 Å². The van der Waals surface area contributed by atoms with Gasteiger partial charge in [-0.2, -0.15) is 0 Å². The fraction of sp³-hybridized carbons (Fsp3) is 1.00. The van der Waals surface area contributed by atoms with Crippen molar-refractivity contribution >= 4 is 0 Å². The number of rotatable bonds is 0. The lowest BCUT2D eigenvalue weighted by Crippen LogP contribution is -2.43. The maximum absolute atomic E-state index is 12.8. The molecular formula is C9H16FN. The molecule has 0 amide bonds. The SMILES string of the molecule is FC1CCC2(CCCN2)CC1. The largest absolute Gasteiger partial charge is 0.311 e. The number of nitrogens with one attached hydrogen (secondary N) is 1. The van der Waals surface area contributed by atoms with Gasteiger partial charge in [0.15, 0.2) is 0 Å². The predicted octanol–water partition coefficient (Wildman–Crippen LogP) is 2.02. The second-order valence-electron chi connectivity index (χ2n) is 3.99. The predicted molar refractivity (Wildman–Crippen MR) is 43.3 cm³/mol.